The van der Waals surface area contributed by atoms with Crippen LogP contribution in [0.4, 0.5) is 0 Å². The first-order chi connectivity index (χ1) is 5.20. The van der Waals surface area contributed by atoms with E-state index in [1.807, 2.05) is 19.1 Å². The van der Waals surface area contributed by atoms with E-state index in [9.17, 15) is 0 Å². The molecule has 0 radical (unpaired) electrons. The third kappa shape index (κ3) is 2.51. The molecular weight excluding hydrogens is 200 g/mol. The molecule has 58 valence electrons. The van der Waals surface area contributed by atoms with Crippen molar-refractivity contribution in [3.05, 3.63) is 46.5 Å². The highest BCUT2D eigenvalue weighted by molar-refractivity contribution is 9.10. The Hall–Kier alpha value is -0.560. The van der Waals surface area contributed by atoms with Crippen molar-refractivity contribution in [3.8, 4) is 0 Å². The highest BCUT2D eigenvalue weighted by Gasteiger charge is 1.96. The van der Waals surface area contributed by atoms with E-state index in [1.54, 1.807) is 0 Å². The summed E-state index contributed by atoms with van der Waals surface area (Å²) in [5.41, 5.74) is 2.50. The van der Waals surface area contributed by atoms with Crippen LogP contribution >= 0.6 is 15.9 Å². The van der Waals surface area contributed by atoms with E-state index in [1.165, 1.54) is 15.6 Å². The summed E-state index contributed by atoms with van der Waals surface area (Å²) >= 11 is 3.48. The Morgan fingerprint density at radius 1 is 1.45 bits per heavy atom. The van der Waals surface area contributed by atoms with Gasteiger partial charge in [0.15, 0.2) is 0 Å². The van der Waals surface area contributed by atoms with E-state index in [2.05, 4.69) is 34.6 Å². The van der Waals surface area contributed by atoms with Gasteiger partial charge in [0, 0.05) is 4.47 Å². The molecule has 0 fully saturated rings. The van der Waals surface area contributed by atoms with Crippen molar-refractivity contribution >= 4 is 15.9 Å². The van der Waals surface area contributed by atoms with Gasteiger partial charge in [-0.3, -0.25) is 0 Å². The van der Waals surface area contributed by atoms with Gasteiger partial charge in [-0.2, -0.15) is 0 Å². The molecule has 1 rings (SSSR count). The number of halogens is 1. The molecule has 0 saturated heterocycles. The van der Waals surface area contributed by atoms with E-state index in [-0.39, 0.29) is 0 Å². The van der Waals surface area contributed by atoms with Crippen molar-refractivity contribution in [2.45, 2.75) is 13.3 Å². The first kappa shape index (κ1) is 8.54. The van der Waals surface area contributed by atoms with Gasteiger partial charge in [-0.25, -0.2) is 0 Å². The number of hydrogen-bond donors (Lipinski definition) is 0. The molecule has 1 aromatic carbocycles. The first-order valence-corrected chi connectivity index (χ1v) is 4.37. The van der Waals surface area contributed by atoms with Gasteiger partial charge < -0.3 is 0 Å². The largest absolute Gasteiger partial charge is 0.0998 e. The third-order valence-corrected chi connectivity index (χ3v) is 2.22. The van der Waals surface area contributed by atoms with Crippen molar-refractivity contribution in [1.29, 1.82) is 0 Å². The SMILES string of the molecule is C=C(C)Cc1ccccc1Br. The maximum atomic E-state index is 3.87. The lowest BCUT2D eigenvalue weighted by atomic mass is 10.1. The lowest BCUT2D eigenvalue weighted by Gasteiger charge is -2.01. The zero-order valence-electron chi connectivity index (χ0n) is 6.60. The van der Waals surface area contributed by atoms with Crippen LogP contribution in [-0.4, -0.2) is 0 Å². The summed E-state index contributed by atoms with van der Waals surface area (Å²) in [6.45, 7) is 5.91. The Labute approximate surface area is 76.1 Å². The maximum absolute atomic E-state index is 3.87. The number of benzene rings is 1. The summed E-state index contributed by atoms with van der Waals surface area (Å²) in [5.74, 6) is 0. The minimum absolute atomic E-state index is 0.960. The second-order valence-electron chi connectivity index (χ2n) is 2.73. The van der Waals surface area contributed by atoms with Crippen molar-refractivity contribution in [1.82, 2.24) is 0 Å². The Morgan fingerprint density at radius 3 is 2.64 bits per heavy atom. The topological polar surface area (TPSA) is 0 Å². The highest BCUT2D eigenvalue weighted by atomic mass is 79.9. The zero-order valence-corrected chi connectivity index (χ0v) is 8.19. The number of rotatable bonds is 2. The Kier molecular flexibility index (Phi) is 2.89. The number of hydrogen-bond acceptors (Lipinski definition) is 0. The van der Waals surface area contributed by atoms with Crippen LogP contribution in [0.25, 0.3) is 0 Å². The Balaban J connectivity index is 2.86. The van der Waals surface area contributed by atoms with E-state index in [4.69, 9.17) is 0 Å². The predicted molar refractivity (Wildman–Crippen MR) is 52.7 cm³/mol. The van der Waals surface area contributed by atoms with Gasteiger partial charge in [0.05, 0.1) is 0 Å². The average molecular weight is 211 g/mol. The summed E-state index contributed by atoms with van der Waals surface area (Å²) < 4.78 is 1.17. The Bertz CT molecular complexity index is 263. The van der Waals surface area contributed by atoms with Gasteiger partial charge in [-0.05, 0) is 25.0 Å². The smallest absolute Gasteiger partial charge is 0.0210 e. The molecule has 0 bridgehead atoms. The quantitative estimate of drug-likeness (QED) is 0.656. The fraction of sp³-hybridized carbons (Fsp3) is 0.200. The minimum atomic E-state index is 0.960. The van der Waals surface area contributed by atoms with Crippen molar-refractivity contribution in [2.75, 3.05) is 0 Å². The summed E-state index contributed by atoms with van der Waals surface area (Å²) in [6, 6.07) is 8.23. The van der Waals surface area contributed by atoms with E-state index in [0.717, 1.165) is 6.42 Å². The van der Waals surface area contributed by atoms with Gasteiger partial charge in [-0.1, -0.05) is 46.3 Å². The zero-order chi connectivity index (χ0) is 8.27. The molecule has 1 aromatic rings. The van der Waals surface area contributed by atoms with Crippen LogP contribution in [0.3, 0.4) is 0 Å². The van der Waals surface area contributed by atoms with Crippen molar-refractivity contribution in [3.63, 3.8) is 0 Å². The van der Waals surface area contributed by atoms with Gasteiger partial charge in [-0.15, -0.1) is 0 Å². The number of allylic oxidation sites excluding steroid dienone is 1. The first-order valence-electron chi connectivity index (χ1n) is 3.58. The molecule has 0 nitrogen and oxygen atoms in total. The second kappa shape index (κ2) is 3.72. The molecule has 0 spiro atoms. The molecule has 0 aliphatic carbocycles. The average Bonchev–Trinajstić information content (AvgIpc) is 1.93. The molecule has 0 amide bonds. The van der Waals surface area contributed by atoms with Crippen molar-refractivity contribution < 1.29 is 0 Å². The highest BCUT2D eigenvalue weighted by Crippen LogP contribution is 2.18. The van der Waals surface area contributed by atoms with Gasteiger partial charge in [0.2, 0.25) is 0 Å². The second-order valence-corrected chi connectivity index (χ2v) is 3.58. The monoisotopic (exact) mass is 210 g/mol. The van der Waals surface area contributed by atoms with Crippen LogP contribution in [0.1, 0.15) is 12.5 Å². The third-order valence-electron chi connectivity index (χ3n) is 1.45. The molecule has 0 aliphatic heterocycles. The fourth-order valence-corrected chi connectivity index (χ4v) is 1.39. The lowest BCUT2D eigenvalue weighted by Crippen LogP contribution is -1.85. The summed E-state index contributed by atoms with van der Waals surface area (Å²) in [4.78, 5) is 0. The summed E-state index contributed by atoms with van der Waals surface area (Å²) in [7, 11) is 0. The van der Waals surface area contributed by atoms with Crippen LogP contribution in [0.15, 0.2) is 40.9 Å². The molecule has 0 heterocycles. The van der Waals surface area contributed by atoms with Crippen LogP contribution in [0.2, 0.25) is 0 Å². The minimum Gasteiger partial charge on any atom is -0.0998 e. The van der Waals surface area contributed by atoms with E-state index < -0.39 is 0 Å². The molecule has 0 unspecified atom stereocenters. The lowest BCUT2D eigenvalue weighted by molar-refractivity contribution is 1.14. The molecule has 11 heavy (non-hydrogen) atoms. The maximum Gasteiger partial charge on any atom is 0.0210 e. The molecule has 0 aliphatic rings. The van der Waals surface area contributed by atoms with Crippen LogP contribution in [0, 0.1) is 0 Å². The van der Waals surface area contributed by atoms with Crippen molar-refractivity contribution in [2.24, 2.45) is 0 Å². The van der Waals surface area contributed by atoms with Gasteiger partial charge >= 0.3 is 0 Å². The summed E-state index contributed by atoms with van der Waals surface area (Å²) in [6.07, 6.45) is 0.960. The molecule has 0 atom stereocenters. The Morgan fingerprint density at radius 2 is 2.09 bits per heavy atom. The van der Waals surface area contributed by atoms with E-state index in [0.29, 0.717) is 0 Å². The fourth-order valence-electron chi connectivity index (χ4n) is 0.967. The van der Waals surface area contributed by atoms with Gasteiger partial charge in [0.25, 0.3) is 0 Å². The molecule has 0 saturated carbocycles. The molecule has 1 heteroatoms. The standard InChI is InChI=1S/C10H11Br/c1-8(2)7-9-5-3-4-6-10(9)11/h3-6H,1,7H2,2H3. The normalized spacial score (nSPS) is 9.64. The van der Waals surface area contributed by atoms with E-state index >= 15 is 0 Å². The van der Waals surface area contributed by atoms with Crippen LogP contribution < -0.4 is 0 Å². The predicted octanol–water partition coefficient (Wildman–Crippen LogP) is 3.57. The molecule has 0 N–H and O–H groups in total. The van der Waals surface area contributed by atoms with Crippen LogP contribution in [-0.2, 0) is 6.42 Å². The van der Waals surface area contributed by atoms with Gasteiger partial charge in [0.1, 0.15) is 0 Å². The van der Waals surface area contributed by atoms with Crippen LogP contribution in [0.5, 0.6) is 0 Å². The summed E-state index contributed by atoms with van der Waals surface area (Å²) in [5, 5.41) is 0. The molecular formula is C10H11Br. The molecule has 0 aromatic heterocycles.